The van der Waals surface area contributed by atoms with Crippen molar-refractivity contribution in [3.8, 4) is 5.75 Å². The highest BCUT2D eigenvalue weighted by molar-refractivity contribution is 7.22. The second-order valence-corrected chi connectivity index (χ2v) is 6.10. The molecule has 3 rings (SSSR count). The molecule has 0 aliphatic carbocycles. The van der Waals surface area contributed by atoms with Crippen molar-refractivity contribution in [2.75, 3.05) is 45.2 Å². The first-order valence-corrected chi connectivity index (χ1v) is 7.45. The van der Waals surface area contributed by atoms with Crippen molar-refractivity contribution in [2.45, 2.75) is 0 Å². The van der Waals surface area contributed by atoms with Crippen LogP contribution in [0.15, 0.2) is 12.1 Å². The molecule has 2 heterocycles. The number of fused-ring (bicyclic) bond motifs is 1. The number of benzene rings is 1. The van der Waals surface area contributed by atoms with Gasteiger partial charge in [0.05, 0.1) is 16.8 Å². The number of ether oxygens (including phenoxy) is 1. The van der Waals surface area contributed by atoms with Crippen molar-refractivity contribution in [3.63, 3.8) is 0 Å². The monoisotopic (exact) mass is 297 g/mol. The van der Waals surface area contributed by atoms with Gasteiger partial charge in [-0.05, 0) is 19.2 Å². The summed E-state index contributed by atoms with van der Waals surface area (Å²) in [5, 5.41) is 1.78. The molecule has 1 aliphatic heterocycles. The minimum atomic E-state index is 0.744. The van der Waals surface area contributed by atoms with E-state index >= 15 is 0 Å². The largest absolute Gasteiger partial charge is 0.494 e. The maximum Gasteiger partial charge on any atom is 0.186 e. The second kappa shape index (κ2) is 5.15. The fraction of sp³-hybridized carbons (Fsp3) is 0.462. The van der Waals surface area contributed by atoms with E-state index in [1.54, 1.807) is 18.4 Å². The minimum absolute atomic E-state index is 0.744. The maximum atomic E-state index is 6.25. The summed E-state index contributed by atoms with van der Waals surface area (Å²) in [6, 6.07) is 3.74. The molecule has 0 bridgehead atoms. The van der Waals surface area contributed by atoms with Crippen LogP contribution in [0.5, 0.6) is 5.75 Å². The lowest BCUT2D eigenvalue weighted by Crippen LogP contribution is -2.44. The first kappa shape index (κ1) is 13.0. The van der Waals surface area contributed by atoms with Crippen molar-refractivity contribution in [1.29, 1.82) is 0 Å². The van der Waals surface area contributed by atoms with E-state index in [1.807, 2.05) is 12.1 Å². The highest BCUT2D eigenvalue weighted by Crippen LogP contribution is 2.38. The number of likely N-dealkylation sites (N-methyl/N-ethyl adjacent to an activating group) is 1. The summed E-state index contributed by atoms with van der Waals surface area (Å²) in [6.45, 7) is 4.16. The number of methoxy groups -OCH3 is 1. The van der Waals surface area contributed by atoms with Gasteiger partial charge >= 0.3 is 0 Å². The number of aromatic nitrogens is 1. The van der Waals surface area contributed by atoms with Crippen LogP contribution in [0.2, 0.25) is 5.02 Å². The van der Waals surface area contributed by atoms with E-state index in [0.29, 0.717) is 0 Å². The Balaban J connectivity index is 1.99. The highest BCUT2D eigenvalue weighted by Gasteiger charge is 2.19. The Labute approximate surface area is 121 Å². The van der Waals surface area contributed by atoms with Gasteiger partial charge in [0.2, 0.25) is 0 Å². The molecule has 0 saturated carbocycles. The molecule has 0 N–H and O–H groups in total. The van der Waals surface area contributed by atoms with Gasteiger partial charge in [-0.15, -0.1) is 0 Å². The van der Waals surface area contributed by atoms with E-state index in [0.717, 1.165) is 52.3 Å². The molecule has 0 radical (unpaired) electrons. The molecular weight excluding hydrogens is 282 g/mol. The summed E-state index contributed by atoms with van der Waals surface area (Å²) in [4.78, 5) is 9.36. The number of thiazole rings is 1. The van der Waals surface area contributed by atoms with Crippen molar-refractivity contribution < 1.29 is 4.74 Å². The van der Waals surface area contributed by atoms with Crippen LogP contribution in [0, 0.1) is 0 Å². The predicted molar refractivity (Wildman–Crippen MR) is 80.9 cm³/mol. The zero-order valence-electron chi connectivity index (χ0n) is 11.0. The fourth-order valence-corrected chi connectivity index (χ4v) is 3.55. The third-order valence-electron chi connectivity index (χ3n) is 3.44. The van der Waals surface area contributed by atoms with E-state index in [1.165, 1.54) is 0 Å². The van der Waals surface area contributed by atoms with Crippen LogP contribution < -0.4 is 9.64 Å². The van der Waals surface area contributed by atoms with Gasteiger partial charge in [0.15, 0.2) is 5.13 Å². The molecule has 1 aromatic carbocycles. The van der Waals surface area contributed by atoms with Gasteiger partial charge in [0.25, 0.3) is 0 Å². The van der Waals surface area contributed by atoms with Crippen LogP contribution in [-0.2, 0) is 0 Å². The highest BCUT2D eigenvalue weighted by atomic mass is 35.5. The molecule has 2 aromatic rings. The molecular formula is C13H16ClN3OS. The maximum absolute atomic E-state index is 6.25. The average molecular weight is 298 g/mol. The summed E-state index contributed by atoms with van der Waals surface area (Å²) in [5.74, 6) is 0.788. The molecule has 1 saturated heterocycles. The Bertz CT molecular complexity index is 593. The topological polar surface area (TPSA) is 28.6 Å². The third kappa shape index (κ3) is 2.38. The Kier molecular flexibility index (Phi) is 3.52. The van der Waals surface area contributed by atoms with E-state index < -0.39 is 0 Å². The summed E-state index contributed by atoms with van der Waals surface area (Å²) in [7, 11) is 3.81. The summed E-state index contributed by atoms with van der Waals surface area (Å²) < 4.78 is 6.37. The van der Waals surface area contributed by atoms with Crippen molar-refractivity contribution >= 4 is 38.3 Å². The van der Waals surface area contributed by atoms with Crippen LogP contribution in [0.25, 0.3) is 10.2 Å². The van der Waals surface area contributed by atoms with Gasteiger partial charge in [-0.3, -0.25) is 0 Å². The Hall–Kier alpha value is -1.04. The molecule has 0 amide bonds. The second-order valence-electron chi connectivity index (χ2n) is 4.71. The first-order valence-electron chi connectivity index (χ1n) is 6.25. The van der Waals surface area contributed by atoms with E-state index in [9.17, 15) is 0 Å². The molecule has 0 atom stereocenters. The molecule has 0 spiro atoms. The van der Waals surface area contributed by atoms with Crippen LogP contribution >= 0.6 is 22.9 Å². The molecule has 0 unspecified atom stereocenters. The number of rotatable bonds is 2. The molecule has 1 aromatic heterocycles. The van der Waals surface area contributed by atoms with Crippen LogP contribution in [-0.4, -0.2) is 50.2 Å². The van der Waals surface area contributed by atoms with Crippen LogP contribution in [0.3, 0.4) is 0 Å². The number of anilines is 1. The van der Waals surface area contributed by atoms with Gasteiger partial charge < -0.3 is 14.5 Å². The normalized spacial score (nSPS) is 17.1. The fourth-order valence-electron chi connectivity index (χ4n) is 2.24. The summed E-state index contributed by atoms with van der Waals surface area (Å²) in [5.41, 5.74) is 0.869. The zero-order chi connectivity index (χ0) is 13.4. The SMILES string of the molecule is COc1ccc(Cl)c2sc(N3CCN(C)CC3)nc12. The van der Waals surface area contributed by atoms with Crippen molar-refractivity contribution in [1.82, 2.24) is 9.88 Å². The van der Waals surface area contributed by atoms with Gasteiger partial charge in [-0.25, -0.2) is 4.98 Å². The summed E-state index contributed by atoms with van der Waals surface area (Å²) >= 11 is 7.90. The molecule has 1 aliphatic rings. The zero-order valence-corrected chi connectivity index (χ0v) is 12.6. The molecule has 19 heavy (non-hydrogen) atoms. The standard InChI is InChI=1S/C13H16ClN3OS/c1-16-5-7-17(8-6-16)13-15-11-10(18-2)4-3-9(14)12(11)19-13/h3-4H,5-8H2,1-2H3. The average Bonchev–Trinajstić information content (AvgIpc) is 2.86. The number of nitrogens with zero attached hydrogens (tertiary/aromatic N) is 3. The predicted octanol–water partition coefficient (Wildman–Crippen LogP) is 2.71. The molecule has 102 valence electrons. The number of piperazine rings is 1. The Morgan fingerprint density at radius 2 is 2.00 bits per heavy atom. The number of halogens is 1. The quantitative estimate of drug-likeness (QED) is 0.852. The van der Waals surface area contributed by atoms with E-state index in [2.05, 4.69) is 16.8 Å². The van der Waals surface area contributed by atoms with Gasteiger partial charge in [-0.1, -0.05) is 22.9 Å². The van der Waals surface area contributed by atoms with Gasteiger partial charge in [-0.2, -0.15) is 0 Å². The third-order valence-corrected chi connectivity index (χ3v) is 5.02. The number of hydrogen-bond donors (Lipinski definition) is 0. The van der Waals surface area contributed by atoms with Crippen molar-refractivity contribution in [3.05, 3.63) is 17.2 Å². The Morgan fingerprint density at radius 1 is 1.26 bits per heavy atom. The van der Waals surface area contributed by atoms with Gasteiger partial charge in [0, 0.05) is 26.2 Å². The summed E-state index contributed by atoms with van der Waals surface area (Å²) in [6.07, 6.45) is 0. The van der Waals surface area contributed by atoms with Crippen LogP contribution in [0.1, 0.15) is 0 Å². The minimum Gasteiger partial charge on any atom is -0.494 e. The molecule has 1 fully saturated rings. The lowest BCUT2D eigenvalue weighted by atomic mass is 10.3. The van der Waals surface area contributed by atoms with Crippen LogP contribution in [0.4, 0.5) is 5.13 Å². The molecule has 4 nitrogen and oxygen atoms in total. The first-order chi connectivity index (χ1) is 9.19. The number of hydrogen-bond acceptors (Lipinski definition) is 5. The van der Waals surface area contributed by atoms with E-state index in [4.69, 9.17) is 21.3 Å². The lowest BCUT2D eigenvalue weighted by Gasteiger charge is -2.32. The van der Waals surface area contributed by atoms with Crippen molar-refractivity contribution in [2.24, 2.45) is 0 Å². The smallest absolute Gasteiger partial charge is 0.186 e. The molecule has 6 heteroatoms. The lowest BCUT2D eigenvalue weighted by molar-refractivity contribution is 0.313. The van der Waals surface area contributed by atoms with Gasteiger partial charge in [0.1, 0.15) is 11.3 Å². The Morgan fingerprint density at radius 3 is 2.68 bits per heavy atom. The van der Waals surface area contributed by atoms with E-state index in [-0.39, 0.29) is 0 Å².